The second kappa shape index (κ2) is 8.66. The quantitative estimate of drug-likeness (QED) is 0.735. The van der Waals surface area contributed by atoms with Crippen LogP contribution in [0.4, 0.5) is 4.39 Å². The molecule has 0 spiro atoms. The highest BCUT2D eigenvalue weighted by Crippen LogP contribution is 2.26. The molecule has 0 bridgehead atoms. The zero-order chi connectivity index (χ0) is 22.0. The zero-order valence-corrected chi connectivity index (χ0v) is 17.6. The van der Waals surface area contributed by atoms with Crippen molar-refractivity contribution in [3.8, 4) is 11.5 Å². The van der Waals surface area contributed by atoms with E-state index in [1.165, 1.54) is 24.3 Å². The predicted molar refractivity (Wildman–Crippen MR) is 112 cm³/mol. The number of nitrogens with zero attached hydrogens (tertiary/aromatic N) is 1. The Balaban J connectivity index is 1.28. The number of benzene rings is 2. The average molecular weight is 447 g/mol. The van der Waals surface area contributed by atoms with Crippen LogP contribution in [0.25, 0.3) is 0 Å². The van der Waals surface area contributed by atoms with E-state index in [0.717, 1.165) is 5.56 Å². The third-order valence-electron chi connectivity index (χ3n) is 5.62. The lowest BCUT2D eigenvalue weighted by atomic mass is 10.1. The van der Waals surface area contributed by atoms with Gasteiger partial charge in [0, 0.05) is 25.6 Å². The number of nitrogens with one attached hydrogen (secondary N) is 1. The van der Waals surface area contributed by atoms with Crippen LogP contribution in [-0.4, -0.2) is 49.2 Å². The number of carbonyl (C=O) groups excluding carboxylic acids is 2. The van der Waals surface area contributed by atoms with Gasteiger partial charge in [0.05, 0.1) is 17.4 Å². The fraction of sp³-hybridized carbons (Fsp3) is 0.364. The van der Waals surface area contributed by atoms with Crippen LogP contribution in [0.1, 0.15) is 18.4 Å². The summed E-state index contributed by atoms with van der Waals surface area (Å²) in [6, 6.07) is 12.5. The molecule has 2 aromatic carbocycles. The van der Waals surface area contributed by atoms with E-state index in [2.05, 4.69) is 5.32 Å². The topological polar surface area (TPSA) is 92.8 Å². The minimum absolute atomic E-state index is 0.0145. The number of rotatable bonds is 6. The van der Waals surface area contributed by atoms with Gasteiger partial charge in [-0.05, 0) is 48.4 Å². The Hall–Kier alpha value is -2.94. The molecule has 2 aromatic rings. The Morgan fingerprint density at radius 1 is 1.10 bits per heavy atom. The van der Waals surface area contributed by atoms with Crippen molar-refractivity contribution in [2.24, 2.45) is 5.92 Å². The van der Waals surface area contributed by atoms with E-state index in [-0.39, 0.29) is 48.1 Å². The second-order valence-electron chi connectivity index (χ2n) is 7.92. The third-order valence-corrected chi connectivity index (χ3v) is 7.37. The SMILES string of the molecule is O=C(NCc1ccc(Oc2ccc(F)cc2)cc1)[C@H]1CC(=O)N([C@H]2CCS(=O)(=O)C2)C1. The molecule has 2 aliphatic heterocycles. The molecule has 0 unspecified atom stereocenters. The van der Waals surface area contributed by atoms with Crippen molar-refractivity contribution in [1.29, 1.82) is 0 Å². The minimum Gasteiger partial charge on any atom is -0.457 e. The fourth-order valence-corrected chi connectivity index (χ4v) is 5.66. The molecule has 164 valence electrons. The van der Waals surface area contributed by atoms with Crippen LogP contribution in [0.3, 0.4) is 0 Å². The summed E-state index contributed by atoms with van der Waals surface area (Å²) in [5.41, 5.74) is 0.864. The van der Waals surface area contributed by atoms with E-state index in [1.807, 2.05) is 12.1 Å². The van der Waals surface area contributed by atoms with Gasteiger partial charge in [-0.25, -0.2) is 12.8 Å². The highest BCUT2D eigenvalue weighted by molar-refractivity contribution is 7.91. The van der Waals surface area contributed by atoms with Crippen LogP contribution in [0.2, 0.25) is 0 Å². The molecule has 9 heteroatoms. The van der Waals surface area contributed by atoms with Gasteiger partial charge in [-0.15, -0.1) is 0 Å². The van der Waals surface area contributed by atoms with Crippen molar-refractivity contribution in [3.63, 3.8) is 0 Å². The number of carbonyl (C=O) groups is 2. The van der Waals surface area contributed by atoms with Crippen LogP contribution >= 0.6 is 0 Å². The molecule has 2 atom stereocenters. The van der Waals surface area contributed by atoms with Gasteiger partial charge in [0.15, 0.2) is 9.84 Å². The molecule has 0 saturated carbocycles. The molecule has 31 heavy (non-hydrogen) atoms. The molecular weight excluding hydrogens is 423 g/mol. The number of likely N-dealkylation sites (tertiary alicyclic amines) is 1. The average Bonchev–Trinajstić information content (AvgIpc) is 3.30. The molecule has 7 nitrogen and oxygen atoms in total. The van der Waals surface area contributed by atoms with Crippen molar-refractivity contribution in [1.82, 2.24) is 10.2 Å². The maximum Gasteiger partial charge on any atom is 0.225 e. The van der Waals surface area contributed by atoms with Gasteiger partial charge in [0.1, 0.15) is 17.3 Å². The molecule has 2 saturated heterocycles. The van der Waals surface area contributed by atoms with Crippen LogP contribution in [0.15, 0.2) is 48.5 Å². The molecular formula is C22H23FN2O5S. The highest BCUT2D eigenvalue weighted by Gasteiger charge is 2.41. The van der Waals surface area contributed by atoms with Crippen LogP contribution < -0.4 is 10.1 Å². The van der Waals surface area contributed by atoms with E-state index >= 15 is 0 Å². The normalized spacial score (nSPS) is 22.5. The van der Waals surface area contributed by atoms with Gasteiger partial charge in [0.25, 0.3) is 0 Å². The molecule has 0 aromatic heterocycles. The number of ether oxygens (including phenoxy) is 1. The summed E-state index contributed by atoms with van der Waals surface area (Å²) in [7, 11) is -3.09. The van der Waals surface area contributed by atoms with Gasteiger partial charge in [-0.3, -0.25) is 9.59 Å². The third kappa shape index (κ3) is 5.22. The molecule has 2 fully saturated rings. The molecule has 0 radical (unpaired) electrons. The van der Waals surface area contributed by atoms with Gasteiger partial charge in [0.2, 0.25) is 11.8 Å². The lowest BCUT2D eigenvalue weighted by Gasteiger charge is -2.22. The Labute approximate surface area is 180 Å². The molecule has 2 aliphatic rings. The van der Waals surface area contributed by atoms with Crippen molar-refractivity contribution >= 4 is 21.7 Å². The fourth-order valence-electron chi connectivity index (χ4n) is 3.93. The Bertz CT molecular complexity index is 1070. The monoisotopic (exact) mass is 446 g/mol. The van der Waals surface area contributed by atoms with Crippen molar-refractivity contribution in [2.75, 3.05) is 18.1 Å². The number of sulfone groups is 1. The summed E-state index contributed by atoms with van der Waals surface area (Å²) in [4.78, 5) is 26.4. The van der Waals surface area contributed by atoms with Crippen LogP contribution in [0.5, 0.6) is 11.5 Å². The molecule has 0 aliphatic carbocycles. The molecule has 2 heterocycles. The van der Waals surface area contributed by atoms with Crippen LogP contribution in [0, 0.1) is 11.7 Å². The first-order valence-corrected chi connectivity index (χ1v) is 11.9. The Kier molecular flexibility index (Phi) is 5.95. The van der Waals surface area contributed by atoms with Crippen molar-refractivity contribution in [2.45, 2.75) is 25.4 Å². The number of halogens is 1. The van der Waals surface area contributed by atoms with E-state index in [0.29, 0.717) is 24.5 Å². The standard InChI is InChI=1S/C22H23FN2O5S/c23-17-3-7-20(8-4-17)30-19-5-1-15(2-6-19)12-24-22(27)16-11-21(26)25(13-16)18-9-10-31(28,29)14-18/h1-8,16,18H,9-14H2,(H,24,27)/t16-,18-/m0/s1. The summed E-state index contributed by atoms with van der Waals surface area (Å²) >= 11 is 0. The van der Waals surface area contributed by atoms with E-state index in [4.69, 9.17) is 4.74 Å². The Morgan fingerprint density at radius 3 is 2.35 bits per heavy atom. The summed E-state index contributed by atoms with van der Waals surface area (Å²) in [5, 5.41) is 2.85. The van der Waals surface area contributed by atoms with Gasteiger partial charge < -0.3 is 15.0 Å². The lowest BCUT2D eigenvalue weighted by molar-refractivity contribution is -0.130. The van der Waals surface area contributed by atoms with E-state index in [9.17, 15) is 22.4 Å². The number of hydrogen-bond acceptors (Lipinski definition) is 5. The van der Waals surface area contributed by atoms with Crippen LogP contribution in [-0.2, 0) is 26.0 Å². The predicted octanol–water partition coefficient (Wildman–Crippen LogP) is 2.27. The second-order valence-corrected chi connectivity index (χ2v) is 10.2. The number of amides is 2. The molecule has 1 N–H and O–H groups in total. The van der Waals surface area contributed by atoms with E-state index in [1.54, 1.807) is 17.0 Å². The molecule has 4 rings (SSSR count). The summed E-state index contributed by atoms with van der Waals surface area (Å²) in [6.07, 6.45) is 0.543. The lowest BCUT2D eigenvalue weighted by Crippen LogP contribution is -2.39. The summed E-state index contributed by atoms with van der Waals surface area (Å²) in [5.74, 6) is 0.000254. The molecule has 2 amide bonds. The highest BCUT2D eigenvalue weighted by atomic mass is 32.2. The maximum atomic E-state index is 13.0. The zero-order valence-electron chi connectivity index (χ0n) is 16.8. The number of hydrogen-bond donors (Lipinski definition) is 1. The van der Waals surface area contributed by atoms with Crippen molar-refractivity contribution in [3.05, 3.63) is 59.9 Å². The minimum atomic E-state index is -3.09. The summed E-state index contributed by atoms with van der Waals surface area (Å²) < 4.78 is 42.0. The Morgan fingerprint density at radius 2 is 1.74 bits per heavy atom. The van der Waals surface area contributed by atoms with Gasteiger partial charge in [-0.2, -0.15) is 0 Å². The van der Waals surface area contributed by atoms with E-state index < -0.39 is 15.8 Å². The van der Waals surface area contributed by atoms with Gasteiger partial charge in [-0.1, -0.05) is 12.1 Å². The smallest absolute Gasteiger partial charge is 0.225 e. The maximum absolute atomic E-state index is 13.0. The van der Waals surface area contributed by atoms with Crippen molar-refractivity contribution < 1.29 is 27.1 Å². The van der Waals surface area contributed by atoms with Gasteiger partial charge >= 0.3 is 0 Å². The first-order chi connectivity index (χ1) is 14.8. The first kappa shape index (κ1) is 21.3. The first-order valence-electron chi connectivity index (χ1n) is 10.1. The summed E-state index contributed by atoms with van der Waals surface area (Å²) in [6.45, 7) is 0.563. The largest absolute Gasteiger partial charge is 0.457 e.